The van der Waals surface area contributed by atoms with E-state index in [1.54, 1.807) is 0 Å². The van der Waals surface area contributed by atoms with Crippen molar-refractivity contribution in [2.75, 3.05) is 18.5 Å². The molecular formula is C7H10IN3O. The fourth-order valence-electron chi connectivity index (χ4n) is 0.790. The number of anilines is 1. The molecule has 12 heavy (non-hydrogen) atoms. The molecule has 0 radical (unpaired) electrons. The van der Waals surface area contributed by atoms with Crippen molar-refractivity contribution < 1.29 is 0 Å². The Kier molecular flexibility index (Phi) is 3.07. The molecule has 0 fully saturated rings. The standard InChI is InChI=1S/C7H10IN3O/c1-3-11(2)6-5(8)7(12)10-4-9-6/h4H,3H2,1-2H3,(H,9,10,12). The Morgan fingerprint density at radius 3 is 3.00 bits per heavy atom. The first-order chi connectivity index (χ1) is 5.66. The fraction of sp³-hybridized carbons (Fsp3) is 0.429. The molecule has 0 saturated heterocycles. The number of nitrogens with zero attached hydrogens (tertiary/aromatic N) is 2. The van der Waals surface area contributed by atoms with E-state index < -0.39 is 0 Å². The SMILES string of the molecule is CCN(C)c1nc[nH]c(=O)c1I. The van der Waals surface area contributed by atoms with E-state index in [-0.39, 0.29) is 5.56 Å². The van der Waals surface area contributed by atoms with E-state index in [0.29, 0.717) is 3.57 Å². The zero-order chi connectivity index (χ0) is 9.14. The molecule has 0 saturated carbocycles. The van der Waals surface area contributed by atoms with Crippen LogP contribution < -0.4 is 10.5 Å². The van der Waals surface area contributed by atoms with Crippen molar-refractivity contribution in [2.45, 2.75) is 6.92 Å². The van der Waals surface area contributed by atoms with Gasteiger partial charge in [-0.2, -0.15) is 0 Å². The molecule has 0 bridgehead atoms. The quantitative estimate of drug-likeness (QED) is 0.816. The van der Waals surface area contributed by atoms with Gasteiger partial charge in [0.05, 0.1) is 6.33 Å². The number of hydrogen-bond acceptors (Lipinski definition) is 3. The summed E-state index contributed by atoms with van der Waals surface area (Å²) >= 11 is 2.00. The van der Waals surface area contributed by atoms with E-state index in [0.717, 1.165) is 12.4 Å². The second kappa shape index (κ2) is 3.88. The Labute approximate surface area is 84.1 Å². The average Bonchev–Trinajstić information content (AvgIpc) is 2.08. The largest absolute Gasteiger partial charge is 0.359 e. The Morgan fingerprint density at radius 2 is 2.42 bits per heavy atom. The Morgan fingerprint density at radius 1 is 1.75 bits per heavy atom. The van der Waals surface area contributed by atoms with Gasteiger partial charge >= 0.3 is 0 Å². The number of aromatic nitrogens is 2. The summed E-state index contributed by atoms with van der Waals surface area (Å²) in [5.74, 6) is 0.738. The third kappa shape index (κ3) is 1.77. The van der Waals surface area contributed by atoms with Crippen LogP contribution in [0.5, 0.6) is 0 Å². The maximum atomic E-state index is 11.1. The number of aromatic amines is 1. The first-order valence-corrected chi connectivity index (χ1v) is 4.69. The minimum Gasteiger partial charge on any atom is -0.359 e. The van der Waals surface area contributed by atoms with E-state index in [1.165, 1.54) is 6.33 Å². The Hall–Kier alpha value is -0.590. The number of halogens is 1. The second-order valence-corrected chi connectivity index (χ2v) is 3.46. The van der Waals surface area contributed by atoms with Gasteiger partial charge in [0.15, 0.2) is 0 Å². The molecule has 0 aliphatic carbocycles. The summed E-state index contributed by atoms with van der Waals surface area (Å²) in [7, 11) is 1.91. The Balaban J connectivity index is 3.16. The molecule has 0 atom stereocenters. The van der Waals surface area contributed by atoms with Crippen LogP contribution in [-0.2, 0) is 0 Å². The molecule has 0 aliphatic rings. The average molecular weight is 279 g/mol. The van der Waals surface area contributed by atoms with Crippen molar-refractivity contribution >= 4 is 28.4 Å². The van der Waals surface area contributed by atoms with Gasteiger partial charge < -0.3 is 9.88 Å². The minimum absolute atomic E-state index is 0.0825. The predicted molar refractivity (Wildman–Crippen MR) is 56.5 cm³/mol. The molecule has 0 aliphatic heterocycles. The molecule has 0 spiro atoms. The van der Waals surface area contributed by atoms with Gasteiger partial charge in [0.25, 0.3) is 5.56 Å². The van der Waals surface area contributed by atoms with Crippen LogP contribution in [-0.4, -0.2) is 23.6 Å². The molecule has 1 heterocycles. The van der Waals surface area contributed by atoms with Gasteiger partial charge in [0.1, 0.15) is 9.39 Å². The van der Waals surface area contributed by atoms with Gasteiger partial charge in [0, 0.05) is 13.6 Å². The molecule has 0 unspecified atom stereocenters. The van der Waals surface area contributed by atoms with Crippen molar-refractivity contribution in [3.05, 3.63) is 20.3 Å². The normalized spacial score (nSPS) is 9.92. The van der Waals surface area contributed by atoms with Gasteiger partial charge in [-0.15, -0.1) is 0 Å². The van der Waals surface area contributed by atoms with Crippen LogP contribution in [0.4, 0.5) is 5.82 Å². The monoisotopic (exact) mass is 279 g/mol. The summed E-state index contributed by atoms with van der Waals surface area (Å²) in [5.41, 5.74) is -0.0825. The van der Waals surface area contributed by atoms with Crippen molar-refractivity contribution in [1.29, 1.82) is 0 Å². The van der Waals surface area contributed by atoms with E-state index in [2.05, 4.69) is 9.97 Å². The fourth-order valence-corrected chi connectivity index (χ4v) is 1.50. The molecule has 0 aromatic carbocycles. The minimum atomic E-state index is -0.0825. The van der Waals surface area contributed by atoms with E-state index in [9.17, 15) is 4.79 Å². The van der Waals surface area contributed by atoms with Crippen molar-refractivity contribution in [2.24, 2.45) is 0 Å². The van der Waals surface area contributed by atoms with Gasteiger partial charge in [0.2, 0.25) is 0 Å². The summed E-state index contributed by atoms with van der Waals surface area (Å²) in [6, 6.07) is 0. The summed E-state index contributed by atoms with van der Waals surface area (Å²) in [6.45, 7) is 2.85. The van der Waals surface area contributed by atoms with Crippen LogP contribution in [0.25, 0.3) is 0 Å². The number of rotatable bonds is 2. The molecule has 1 aromatic heterocycles. The molecule has 5 heteroatoms. The van der Waals surface area contributed by atoms with Crippen LogP contribution in [0, 0.1) is 3.57 Å². The lowest BCUT2D eigenvalue weighted by Gasteiger charge is -2.15. The summed E-state index contributed by atoms with van der Waals surface area (Å²) < 4.78 is 0.638. The maximum Gasteiger partial charge on any atom is 0.266 e. The van der Waals surface area contributed by atoms with Gasteiger partial charge in [-0.25, -0.2) is 4.98 Å². The molecule has 0 amide bonds. The van der Waals surface area contributed by atoms with Crippen LogP contribution >= 0.6 is 22.6 Å². The van der Waals surface area contributed by atoms with E-state index in [4.69, 9.17) is 0 Å². The number of nitrogens with one attached hydrogen (secondary N) is 1. The smallest absolute Gasteiger partial charge is 0.266 e. The van der Waals surface area contributed by atoms with Crippen molar-refractivity contribution in [1.82, 2.24) is 9.97 Å². The molecule has 1 N–H and O–H groups in total. The molecule has 66 valence electrons. The number of H-pyrrole nitrogens is 1. The molecule has 1 rings (SSSR count). The first-order valence-electron chi connectivity index (χ1n) is 3.61. The highest BCUT2D eigenvalue weighted by Gasteiger charge is 2.07. The van der Waals surface area contributed by atoms with E-state index >= 15 is 0 Å². The first kappa shape index (κ1) is 9.50. The lowest BCUT2D eigenvalue weighted by molar-refractivity contribution is 0.915. The van der Waals surface area contributed by atoms with Crippen LogP contribution in [0.2, 0.25) is 0 Å². The highest BCUT2D eigenvalue weighted by molar-refractivity contribution is 14.1. The highest BCUT2D eigenvalue weighted by atomic mass is 127. The molecule has 1 aromatic rings. The van der Waals surface area contributed by atoms with E-state index in [1.807, 2.05) is 41.5 Å². The summed E-state index contributed by atoms with van der Waals surface area (Å²) in [4.78, 5) is 19.6. The molecule has 4 nitrogen and oxygen atoms in total. The Bertz CT molecular complexity index is 323. The lowest BCUT2D eigenvalue weighted by Crippen LogP contribution is -2.23. The zero-order valence-electron chi connectivity index (χ0n) is 6.97. The van der Waals surface area contributed by atoms with Gasteiger partial charge in [-0.3, -0.25) is 4.79 Å². The third-order valence-electron chi connectivity index (χ3n) is 1.61. The molecular weight excluding hydrogens is 269 g/mol. The van der Waals surface area contributed by atoms with Crippen LogP contribution in [0.15, 0.2) is 11.1 Å². The number of hydrogen-bond donors (Lipinski definition) is 1. The van der Waals surface area contributed by atoms with Crippen molar-refractivity contribution in [3.63, 3.8) is 0 Å². The zero-order valence-corrected chi connectivity index (χ0v) is 9.12. The van der Waals surface area contributed by atoms with Crippen LogP contribution in [0.1, 0.15) is 6.92 Å². The topological polar surface area (TPSA) is 49.0 Å². The van der Waals surface area contributed by atoms with Crippen molar-refractivity contribution in [3.8, 4) is 0 Å². The van der Waals surface area contributed by atoms with Gasteiger partial charge in [-0.05, 0) is 29.5 Å². The third-order valence-corrected chi connectivity index (χ3v) is 2.59. The highest BCUT2D eigenvalue weighted by Crippen LogP contribution is 2.12. The summed E-state index contributed by atoms with van der Waals surface area (Å²) in [6.07, 6.45) is 1.42. The lowest BCUT2D eigenvalue weighted by atomic mass is 10.5. The van der Waals surface area contributed by atoms with Gasteiger partial charge in [-0.1, -0.05) is 0 Å². The van der Waals surface area contributed by atoms with Crippen LogP contribution in [0.3, 0.4) is 0 Å². The maximum absolute atomic E-state index is 11.1. The summed E-state index contributed by atoms with van der Waals surface area (Å²) in [5, 5.41) is 0. The predicted octanol–water partition coefficient (Wildman–Crippen LogP) is 0.831. The second-order valence-electron chi connectivity index (χ2n) is 2.38.